The number of benzene rings is 1. The van der Waals surface area contributed by atoms with E-state index in [0.29, 0.717) is 5.02 Å². The van der Waals surface area contributed by atoms with Gasteiger partial charge in [-0.15, -0.1) is 5.10 Å². The Morgan fingerprint density at radius 3 is 2.79 bits per heavy atom. The Labute approximate surface area is 120 Å². The number of thioether (sulfide) groups is 1. The second kappa shape index (κ2) is 5.55. The Kier molecular flexibility index (Phi) is 3.62. The maximum absolute atomic E-state index is 5.82. The fraction of sp³-hybridized carbons (Fsp3) is 0.0714. The summed E-state index contributed by atoms with van der Waals surface area (Å²) in [6.07, 6.45) is 3.44. The molecule has 0 N–H and O–H groups in total. The summed E-state index contributed by atoms with van der Waals surface area (Å²) in [5, 5.41) is 12.0. The van der Waals surface area contributed by atoms with Gasteiger partial charge in [0.05, 0.1) is 16.9 Å². The van der Waals surface area contributed by atoms with Crippen molar-refractivity contribution < 1.29 is 0 Å². The Hall–Kier alpha value is -1.65. The van der Waals surface area contributed by atoms with Crippen molar-refractivity contribution in [2.45, 2.75) is 10.8 Å². The zero-order valence-corrected chi connectivity index (χ0v) is 11.5. The first-order valence-corrected chi connectivity index (χ1v) is 7.13. The highest BCUT2D eigenvalue weighted by Gasteiger charge is 2.04. The highest BCUT2D eigenvalue weighted by molar-refractivity contribution is 7.98. The van der Waals surface area contributed by atoms with Gasteiger partial charge in [0.2, 0.25) is 0 Å². The first-order valence-electron chi connectivity index (χ1n) is 5.76. The van der Waals surface area contributed by atoms with Crippen molar-refractivity contribution in [1.82, 2.24) is 15.2 Å². The van der Waals surface area contributed by atoms with Gasteiger partial charge in [0.1, 0.15) is 5.03 Å². The van der Waals surface area contributed by atoms with E-state index in [-0.39, 0.29) is 0 Å². The van der Waals surface area contributed by atoms with Gasteiger partial charge in [-0.1, -0.05) is 47.6 Å². The molecule has 3 rings (SSSR count). The molecule has 0 aliphatic heterocycles. The number of pyridine rings is 1. The predicted molar refractivity (Wildman–Crippen MR) is 78.3 cm³/mol. The molecule has 0 aliphatic rings. The molecule has 0 saturated heterocycles. The number of rotatable bonds is 3. The third-order valence-electron chi connectivity index (χ3n) is 2.68. The zero-order chi connectivity index (χ0) is 13.1. The number of nitrogens with zero attached hydrogens (tertiary/aromatic N) is 3. The van der Waals surface area contributed by atoms with E-state index < -0.39 is 0 Å². The van der Waals surface area contributed by atoms with Gasteiger partial charge in [-0.25, -0.2) is 0 Å². The van der Waals surface area contributed by atoms with Gasteiger partial charge in [-0.2, -0.15) is 5.10 Å². The van der Waals surface area contributed by atoms with Crippen molar-refractivity contribution in [3.8, 4) is 0 Å². The summed E-state index contributed by atoms with van der Waals surface area (Å²) in [6.45, 7) is 0. The number of aromatic nitrogens is 3. The van der Waals surface area contributed by atoms with Gasteiger partial charge in [-0.3, -0.25) is 4.98 Å². The SMILES string of the molecule is Clc1ccc(CSc2nncc3ccccc23)nc1. The molecule has 0 aliphatic carbocycles. The van der Waals surface area contributed by atoms with E-state index in [0.717, 1.165) is 27.2 Å². The molecule has 94 valence electrons. The minimum absolute atomic E-state index is 0.652. The number of hydrogen-bond donors (Lipinski definition) is 0. The van der Waals surface area contributed by atoms with Crippen molar-refractivity contribution >= 4 is 34.1 Å². The lowest BCUT2D eigenvalue weighted by molar-refractivity contribution is 0.954. The molecule has 2 aromatic heterocycles. The quantitative estimate of drug-likeness (QED) is 0.683. The average Bonchev–Trinajstić information content (AvgIpc) is 2.47. The number of halogens is 1. The minimum atomic E-state index is 0.652. The Balaban J connectivity index is 1.84. The van der Waals surface area contributed by atoms with Crippen LogP contribution in [0.5, 0.6) is 0 Å². The monoisotopic (exact) mass is 287 g/mol. The van der Waals surface area contributed by atoms with Crippen molar-refractivity contribution in [2.24, 2.45) is 0 Å². The molecule has 1 aromatic carbocycles. The van der Waals surface area contributed by atoms with E-state index >= 15 is 0 Å². The summed E-state index contributed by atoms with van der Waals surface area (Å²) >= 11 is 7.44. The fourth-order valence-electron chi connectivity index (χ4n) is 1.74. The molecular weight excluding hydrogens is 278 g/mol. The first kappa shape index (κ1) is 12.4. The van der Waals surface area contributed by atoms with Crippen molar-refractivity contribution in [2.75, 3.05) is 0 Å². The molecule has 3 nitrogen and oxygen atoms in total. The molecule has 3 aromatic rings. The van der Waals surface area contributed by atoms with Crippen LogP contribution < -0.4 is 0 Å². The minimum Gasteiger partial charge on any atom is -0.259 e. The van der Waals surface area contributed by atoms with Gasteiger partial charge in [0.25, 0.3) is 0 Å². The Morgan fingerprint density at radius 2 is 1.95 bits per heavy atom. The molecule has 0 atom stereocenters. The molecule has 0 unspecified atom stereocenters. The molecule has 0 fully saturated rings. The standard InChI is InChI=1S/C14H10ClN3S/c15-11-5-6-12(16-8-11)9-19-14-13-4-2-1-3-10(13)7-17-18-14/h1-8H,9H2. The molecule has 2 heterocycles. The maximum atomic E-state index is 5.82. The predicted octanol–water partition coefficient (Wildman–Crippen LogP) is 3.97. The average molecular weight is 288 g/mol. The summed E-state index contributed by atoms with van der Waals surface area (Å²) in [6, 6.07) is 11.9. The summed E-state index contributed by atoms with van der Waals surface area (Å²) in [4.78, 5) is 4.27. The molecule has 0 amide bonds. The highest BCUT2D eigenvalue weighted by Crippen LogP contribution is 2.27. The molecule has 0 saturated carbocycles. The van der Waals surface area contributed by atoms with E-state index in [4.69, 9.17) is 11.6 Å². The second-order valence-electron chi connectivity index (χ2n) is 3.99. The number of fused-ring (bicyclic) bond motifs is 1. The van der Waals surface area contributed by atoms with Crippen LogP contribution >= 0.6 is 23.4 Å². The fourth-order valence-corrected chi connectivity index (χ4v) is 2.76. The van der Waals surface area contributed by atoms with Crippen LogP contribution in [0.25, 0.3) is 10.8 Å². The van der Waals surface area contributed by atoms with Crippen LogP contribution in [-0.2, 0) is 5.75 Å². The van der Waals surface area contributed by atoms with Crippen molar-refractivity contribution in [3.63, 3.8) is 0 Å². The lowest BCUT2D eigenvalue weighted by atomic mass is 10.2. The largest absolute Gasteiger partial charge is 0.259 e. The normalized spacial score (nSPS) is 10.8. The third kappa shape index (κ3) is 2.85. The van der Waals surface area contributed by atoms with Gasteiger partial charge in [0, 0.05) is 22.7 Å². The lowest BCUT2D eigenvalue weighted by Gasteiger charge is -2.04. The maximum Gasteiger partial charge on any atom is 0.127 e. The Bertz CT molecular complexity index is 695. The third-order valence-corrected chi connectivity index (χ3v) is 3.92. The van der Waals surface area contributed by atoms with Crippen molar-refractivity contribution in [1.29, 1.82) is 0 Å². The summed E-state index contributed by atoms with van der Waals surface area (Å²) in [5.41, 5.74) is 0.976. The molecule has 0 bridgehead atoms. The smallest absolute Gasteiger partial charge is 0.127 e. The van der Waals surface area contributed by atoms with Crippen LogP contribution in [0.1, 0.15) is 5.69 Å². The van der Waals surface area contributed by atoms with Gasteiger partial charge >= 0.3 is 0 Å². The van der Waals surface area contributed by atoms with Crippen LogP contribution in [0.3, 0.4) is 0 Å². The van der Waals surface area contributed by atoms with Crippen molar-refractivity contribution in [3.05, 3.63) is 59.5 Å². The summed E-state index contributed by atoms with van der Waals surface area (Å²) in [7, 11) is 0. The van der Waals surface area contributed by atoms with E-state index in [2.05, 4.69) is 21.2 Å². The van der Waals surface area contributed by atoms with Crippen LogP contribution in [0.4, 0.5) is 0 Å². The second-order valence-corrected chi connectivity index (χ2v) is 5.39. The van der Waals surface area contributed by atoms with Crippen LogP contribution in [0.15, 0.2) is 53.8 Å². The summed E-state index contributed by atoms with van der Waals surface area (Å²) < 4.78 is 0. The highest BCUT2D eigenvalue weighted by atomic mass is 35.5. The molecule has 0 radical (unpaired) electrons. The Morgan fingerprint density at radius 1 is 1.05 bits per heavy atom. The molecule has 19 heavy (non-hydrogen) atoms. The first-order chi connectivity index (χ1) is 9.33. The topological polar surface area (TPSA) is 38.7 Å². The van der Waals surface area contributed by atoms with Gasteiger partial charge in [0.15, 0.2) is 0 Å². The number of hydrogen-bond acceptors (Lipinski definition) is 4. The van der Waals surface area contributed by atoms with Gasteiger partial charge < -0.3 is 0 Å². The van der Waals surface area contributed by atoms with Crippen LogP contribution in [0, 0.1) is 0 Å². The molecule has 5 heteroatoms. The van der Waals surface area contributed by atoms with E-state index in [1.165, 1.54) is 0 Å². The zero-order valence-electron chi connectivity index (χ0n) is 9.95. The van der Waals surface area contributed by atoms with E-state index in [1.807, 2.05) is 30.3 Å². The lowest BCUT2D eigenvalue weighted by Crippen LogP contribution is -1.90. The van der Waals surface area contributed by atoms with Crippen LogP contribution in [0.2, 0.25) is 5.02 Å². The van der Waals surface area contributed by atoms with E-state index in [9.17, 15) is 0 Å². The molecule has 0 spiro atoms. The summed E-state index contributed by atoms with van der Waals surface area (Å²) in [5.74, 6) is 0.750. The molecular formula is C14H10ClN3S. The van der Waals surface area contributed by atoms with E-state index in [1.54, 1.807) is 24.2 Å². The van der Waals surface area contributed by atoms with Crippen LogP contribution in [-0.4, -0.2) is 15.2 Å². The van der Waals surface area contributed by atoms with Gasteiger partial charge in [-0.05, 0) is 12.1 Å².